The molecule has 4 rings (SSSR count). The van der Waals surface area contributed by atoms with E-state index in [4.69, 9.17) is 0 Å². The van der Waals surface area contributed by atoms with Crippen molar-refractivity contribution in [1.82, 2.24) is 18.8 Å². The number of nitrogens with zero attached hydrogens (tertiary/aromatic N) is 3. The molecule has 1 aliphatic heterocycles. The van der Waals surface area contributed by atoms with Crippen LogP contribution in [-0.2, 0) is 19.5 Å². The minimum Gasteiger partial charge on any atom is -0.333 e. The average Bonchev–Trinajstić information content (AvgIpc) is 3.07. The van der Waals surface area contributed by atoms with E-state index in [2.05, 4.69) is 15.4 Å². The van der Waals surface area contributed by atoms with Gasteiger partial charge in [-0.2, -0.15) is 4.37 Å². The molecule has 0 saturated heterocycles. The van der Waals surface area contributed by atoms with E-state index in [-0.39, 0.29) is 22.9 Å². The first-order valence-corrected chi connectivity index (χ1v) is 9.71. The summed E-state index contributed by atoms with van der Waals surface area (Å²) in [6.07, 6.45) is 0.788. The lowest BCUT2D eigenvalue weighted by atomic mass is 10.00. The van der Waals surface area contributed by atoms with E-state index in [9.17, 15) is 14.4 Å². The Labute approximate surface area is 159 Å². The molecule has 1 N–H and O–H groups in total. The van der Waals surface area contributed by atoms with Crippen LogP contribution >= 0.6 is 11.5 Å². The normalized spacial score (nSPS) is 14.0. The standard InChI is InChI=1S/C19H20N4O3S/c1-11(2)9-23-17(24)15-14(20-19(23)26)16(27-21-15)18(25)22-8-7-12-5-3-4-6-13(12)10-22/h3-6,11H,7-10H2,1-2H3,(H,20,26). The van der Waals surface area contributed by atoms with Crippen LogP contribution in [0.1, 0.15) is 34.6 Å². The van der Waals surface area contributed by atoms with Crippen LogP contribution in [0.4, 0.5) is 0 Å². The molecule has 3 aromatic rings. The molecule has 1 amide bonds. The van der Waals surface area contributed by atoms with E-state index in [1.807, 2.05) is 32.0 Å². The SMILES string of the molecule is CC(C)Cn1c(=O)[nH]c2c(C(=O)N3CCc4ccccc4C3)snc2c1=O. The zero-order valence-electron chi connectivity index (χ0n) is 15.2. The van der Waals surface area contributed by atoms with Gasteiger partial charge < -0.3 is 9.88 Å². The van der Waals surface area contributed by atoms with Crippen LogP contribution in [0.3, 0.4) is 0 Å². The number of hydrogen-bond donors (Lipinski definition) is 1. The number of fused-ring (bicyclic) bond motifs is 2. The molecule has 140 valence electrons. The van der Waals surface area contributed by atoms with Crippen LogP contribution in [0, 0.1) is 5.92 Å². The Morgan fingerprint density at radius 3 is 2.74 bits per heavy atom. The largest absolute Gasteiger partial charge is 0.333 e. The Kier molecular flexibility index (Phi) is 4.43. The van der Waals surface area contributed by atoms with Crippen molar-refractivity contribution in [2.45, 2.75) is 33.4 Å². The molecular formula is C19H20N4O3S. The maximum atomic E-state index is 13.0. The molecule has 0 bridgehead atoms. The fourth-order valence-electron chi connectivity index (χ4n) is 3.44. The summed E-state index contributed by atoms with van der Waals surface area (Å²) in [5.74, 6) is -0.0527. The summed E-state index contributed by atoms with van der Waals surface area (Å²) in [7, 11) is 0. The maximum absolute atomic E-state index is 13.0. The molecule has 0 fully saturated rings. The number of carbonyl (C=O) groups excluding carboxylic acids is 1. The minimum atomic E-state index is -0.501. The number of aromatic nitrogens is 3. The van der Waals surface area contributed by atoms with Gasteiger partial charge in [-0.3, -0.25) is 14.2 Å². The summed E-state index contributed by atoms with van der Waals surface area (Å²) in [5, 5.41) is 0. The van der Waals surface area contributed by atoms with Crippen molar-refractivity contribution in [2.75, 3.05) is 6.54 Å². The summed E-state index contributed by atoms with van der Waals surface area (Å²) in [4.78, 5) is 42.8. The predicted octanol–water partition coefficient (Wildman–Crippen LogP) is 2.00. The van der Waals surface area contributed by atoms with Gasteiger partial charge in [0.1, 0.15) is 4.88 Å². The van der Waals surface area contributed by atoms with Gasteiger partial charge in [0.05, 0.1) is 5.52 Å². The van der Waals surface area contributed by atoms with Gasteiger partial charge in [0.2, 0.25) is 0 Å². The van der Waals surface area contributed by atoms with Crippen molar-refractivity contribution in [3.05, 3.63) is 61.1 Å². The zero-order chi connectivity index (χ0) is 19.1. The predicted molar refractivity (Wildman–Crippen MR) is 104 cm³/mol. The second-order valence-corrected chi connectivity index (χ2v) is 7.99. The van der Waals surface area contributed by atoms with Gasteiger partial charge in [-0.1, -0.05) is 38.1 Å². The second-order valence-electron chi connectivity index (χ2n) is 7.22. The third-order valence-electron chi connectivity index (χ3n) is 4.78. The van der Waals surface area contributed by atoms with E-state index in [0.717, 1.165) is 28.1 Å². The second kappa shape index (κ2) is 6.77. The fraction of sp³-hybridized carbons (Fsp3) is 0.368. The topological polar surface area (TPSA) is 88.1 Å². The Morgan fingerprint density at radius 1 is 1.26 bits per heavy atom. The first-order chi connectivity index (χ1) is 13.0. The lowest BCUT2D eigenvalue weighted by molar-refractivity contribution is 0.0741. The van der Waals surface area contributed by atoms with Crippen LogP contribution in [0.25, 0.3) is 11.0 Å². The maximum Gasteiger partial charge on any atom is 0.328 e. The summed E-state index contributed by atoms with van der Waals surface area (Å²) in [6.45, 7) is 5.29. The lowest BCUT2D eigenvalue weighted by Crippen LogP contribution is -2.37. The first kappa shape index (κ1) is 17.7. The fourth-order valence-corrected chi connectivity index (χ4v) is 4.23. The quantitative estimate of drug-likeness (QED) is 0.748. The van der Waals surface area contributed by atoms with Gasteiger partial charge in [-0.05, 0) is 35.0 Å². The highest BCUT2D eigenvalue weighted by Crippen LogP contribution is 2.24. The molecule has 0 radical (unpaired) electrons. The molecule has 0 atom stereocenters. The number of amides is 1. The number of carbonyl (C=O) groups is 1. The molecule has 1 aliphatic rings. The minimum absolute atomic E-state index is 0.148. The molecule has 1 aromatic carbocycles. The van der Waals surface area contributed by atoms with Gasteiger partial charge in [-0.15, -0.1) is 0 Å². The zero-order valence-corrected chi connectivity index (χ0v) is 16.0. The lowest BCUT2D eigenvalue weighted by Gasteiger charge is -2.28. The van der Waals surface area contributed by atoms with Crippen molar-refractivity contribution in [3.8, 4) is 0 Å². The van der Waals surface area contributed by atoms with Gasteiger partial charge >= 0.3 is 5.69 Å². The summed E-state index contributed by atoms with van der Waals surface area (Å²) in [6, 6.07) is 8.06. The monoisotopic (exact) mass is 384 g/mol. The van der Waals surface area contributed by atoms with E-state index < -0.39 is 11.2 Å². The molecule has 0 aliphatic carbocycles. The highest BCUT2D eigenvalue weighted by atomic mass is 32.1. The van der Waals surface area contributed by atoms with Crippen LogP contribution in [0.2, 0.25) is 0 Å². The van der Waals surface area contributed by atoms with Crippen molar-refractivity contribution in [2.24, 2.45) is 5.92 Å². The van der Waals surface area contributed by atoms with Crippen LogP contribution in [0.15, 0.2) is 33.9 Å². The summed E-state index contributed by atoms with van der Waals surface area (Å²) < 4.78 is 5.33. The highest BCUT2D eigenvalue weighted by molar-refractivity contribution is 7.09. The Morgan fingerprint density at radius 2 is 2.00 bits per heavy atom. The smallest absolute Gasteiger partial charge is 0.328 e. The van der Waals surface area contributed by atoms with Gasteiger partial charge in [-0.25, -0.2) is 4.79 Å². The van der Waals surface area contributed by atoms with Crippen molar-refractivity contribution < 1.29 is 4.79 Å². The average molecular weight is 384 g/mol. The number of H-pyrrole nitrogens is 1. The van der Waals surface area contributed by atoms with E-state index in [1.54, 1.807) is 4.90 Å². The number of rotatable bonds is 3. The summed E-state index contributed by atoms with van der Waals surface area (Å²) in [5.41, 5.74) is 1.83. The van der Waals surface area contributed by atoms with E-state index in [0.29, 0.717) is 24.5 Å². The summed E-state index contributed by atoms with van der Waals surface area (Å²) >= 11 is 0.972. The molecular weight excluding hydrogens is 364 g/mol. The molecule has 0 spiro atoms. The molecule has 0 unspecified atom stereocenters. The van der Waals surface area contributed by atoms with Crippen LogP contribution in [-0.4, -0.2) is 31.3 Å². The first-order valence-electron chi connectivity index (χ1n) is 8.94. The molecule has 27 heavy (non-hydrogen) atoms. The molecule has 7 nitrogen and oxygen atoms in total. The number of aromatic amines is 1. The third kappa shape index (κ3) is 3.10. The number of hydrogen-bond acceptors (Lipinski definition) is 5. The van der Waals surface area contributed by atoms with E-state index >= 15 is 0 Å². The molecule has 2 aromatic heterocycles. The van der Waals surface area contributed by atoms with Gasteiger partial charge in [0, 0.05) is 19.6 Å². The van der Waals surface area contributed by atoms with Gasteiger partial charge in [0.25, 0.3) is 11.5 Å². The Hall–Kier alpha value is -2.74. The van der Waals surface area contributed by atoms with Crippen molar-refractivity contribution in [1.29, 1.82) is 0 Å². The number of nitrogens with one attached hydrogen (secondary N) is 1. The molecule has 3 heterocycles. The molecule has 8 heteroatoms. The van der Waals surface area contributed by atoms with Gasteiger partial charge in [0.15, 0.2) is 5.52 Å². The molecule has 0 saturated carbocycles. The van der Waals surface area contributed by atoms with Crippen LogP contribution < -0.4 is 11.2 Å². The highest BCUT2D eigenvalue weighted by Gasteiger charge is 2.26. The third-order valence-corrected chi connectivity index (χ3v) is 5.61. The van der Waals surface area contributed by atoms with Crippen LogP contribution in [0.5, 0.6) is 0 Å². The van der Waals surface area contributed by atoms with E-state index in [1.165, 1.54) is 5.56 Å². The Bertz CT molecular complexity index is 1140. The Balaban J connectivity index is 1.72. The van der Waals surface area contributed by atoms with Crippen molar-refractivity contribution >= 4 is 28.5 Å². The number of benzene rings is 1. The van der Waals surface area contributed by atoms with Crippen molar-refractivity contribution in [3.63, 3.8) is 0 Å².